The van der Waals surface area contributed by atoms with Gasteiger partial charge in [-0.05, 0) is 55.3 Å². The lowest BCUT2D eigenvalue weighted by molar-refractivity contribution is -0.164. The topological polar surface area (TPSA) is 71.1 Å². The van der Waals surface area contributed by atoms with Gasteiger partial charge in [-0.25, -0.2) is 4.79 Å². The minimum absolute atomic E-state index is 0.230. The Morgan fingerprint density at radius 1 is 1.00 bits per heavy atom. The number of fused-ring (bicyclic) bond motifs is 9. The Kier molecular flexibility index (Phi) is 3.99. The second-order valence-corrected chi connectivity index (χ2v) is 8.46. The quantitative estimate of drug-likeness (QED) is 0.437. The fraction of sp³-hybridized carbons (Fsp3) is 0.800. The van der Waals surface area contributed by atoms with E-state index in [1.54, 1.807) is 0 Å². The van der Waals surface area contributed by atoms with Crippen molar-refractivity contribution in [3.63, 3.8) is 0 Å². The van der Waals surface area contributed by atoms with Gasteiger partial charge in [0.25, 0.3) is 0 Å². The molecule has 6 nitrogen and oxygen atoms in total. The molecule has 4 aliphatic carbocycles. The Labute approximate surface area is 153 Å². The molecular formula is C20H26O6. The third kappa shape index (κ3) is 2.41. The molecule has 0 amide bonds. The van der Waals surface area contributed by atoms with Gasteiger partial charge in [0.2, 0.25) is 6.29 Å². The second-order valence-electron chi connectivity index (χ2n) is 8.46. The molecule has 142 valence electrons. The molecule has 6 heteroatoms. The molecule has 3 saturated carbocycles. The minimum atomic E-state index is -0.710. The summed E-state index contributed by atoms with van der Waals surface area (Å²) in [6, 6.07) is 0. The van der Waals surface area contributed by atoms with Crippen LogP contribution in [0.5, 0.6) is 0 Å². The molecule has 0 N–H and O–H groups in total. The third-order valence-corrected chi connectivity index (χ3v) is 7.42. The first-order chi connectivity index (χ1) is 12.7. The molecule has 0 radical (unpaired) electrons. The van der Waals surface area contributed by atoms with E-state index in [1.165, 1.54) is 13.5 Å². The molecule has 4 fully saturated rings. The average molecular weight is 362 g/mol. The normalized spacial score (nSPS) is 47.7. The van der Waals surface area contributed by atoms with Crippen LogP contribution >= 0.6 is 0 Å². The smallest absolute Gasteiger partial charge is 0.469 e. The van der Waals surface area contributed by atoms with E-state index in [-0.39, 0.29) is 23.7 Å². The van der Waals surface area contributed by atoms with Crippen molar-refractivity contribution in [3.8, 4) is 0 Å². The van der Waals surface area contributed by atoms with E-state index in [0.29, 0.717) is 36.7 Å². The third-order valence-electron chi connectivity index (χ3n) is 7.42. The number of hydrogen-bond donors (Lipinski definition) is 0. The number of ether oxygens (including phenoxy) is 4. The van der Waals surface area contributed by atoms with Crippen molar-refractivity contribution in [3.05, 3.63) is 12.2 Å². The Hall–Kier alpha value is -1.56. The van der Waals surface area contributed by atoms with Crippen molar-refractivity contribution in [1.82, 2.24) is 0 Å². The van der Waals surface area contributed by atoms with Crippen LogP contribution in [0.25, 0.3) is 0 Å². The molecule has 9 unspecified atom stereocenters. The summed E-state index contributed by atoms with van der Waals surface area (Å²) in [7, 11) is 1.41. The number of carbonyl (C=O) groups excluding carboxylic acids is 2. The molecule has 4 bridgehead atoms. The SMILES string of the molecule is COC(=O)C1C2CC(C1OC(=O)OC1CCCCO1)C1C3C=CC(C3)C21. The van der Waals surface area contributed by atoms with Crippen LogP contribution in [0.15, 0.2) is 12.2 Å². The Morgan fingerprint density at radius 3 is 2.46 bits per heavy atom. The Bertz CT molecular complexity index is 624. The Balaban J connectivity index is 1.32. The molecule has 9 atom stereocenters. The summed E-state index contributed by atoms with van der Waals surface area (Å²) in [4.78, 5) is 24.8. The summed E-state index contributed by atoms with van der Waals surface area (Å²) in [5.41, 5.74) is 0. The first-order valence-electron chi connectivity index (χ1n) is 9.92. The molecule has 5 rings (SSSR count). The monoisotopic (exact) mass is 362 g/mol. The molecule has 0 aromatic carbocycles. The number of rotatable bonds is 3. The molecule has 1 aliphatic heterocycles. The maximum absolute atomic E-state index is 12.5. The standard InChI is InChI=1S/C20H26O6/c1-23-19(21)17-12-9-13(16-11-6-5-10(8-11)15(12)16)18(17)26-20(22)25-14-4-2-3-7-24-14/h5-6,10-18H,2-4,7-9H2,1H3. The van der Waals surface area contributed by atoms with Crippen LogP contribution in [0.2, 0.25) is 0 Å². The maximum atomic E-state index is 12.5. The predicted molar refractivity (Wildman–Crippen MR) is 89.8 cm³/mol. The molecule has 1 heterocycles. The fourth-order valence-corrected chi connectivity index (χ4v) is 6.64. The molecule has 5 aliphatic rings. The van der Waals surface area contributed by atoms with Gasteiger partial charge in [-0.2, -0.15) is 0 Å². The minimum Gasteiger partial charge on any atom is -0.469 e. The highest BCUT2D eigenvalue weighted by atomic mass is 16.8. The highest BCUT2D eigenvalue weighted by Gasteiger charge is 2.67. The molecule has 0 aromatic rings. The van der Waals surface area contributed by atoms with Gasteiger partial charge in [-0.15, -0.1) is 0 Å². The fourth-order valence-electron chi connectivity index (χ4n) is 6.64. The van der Waals surface area contributed by atoms with Crippen LogP contribution in [-0.4, -0.2) is 38.2 Å². The molecule has 0 aromatic heterocycles. The van der Waals surface area contributed by atoms with Crippen LogP contribution in [0.3, 0.4) is 0 Å². The number of allylic oxidation sites excluding steroid dienone is 2. The van der Waals surface area contributed by atoms with Gasteiger partial charge in [0, 0.05) is 12.3 Å². The highest BCUT2D eigenvalue weighted by molar-refractivity contribution is 5.75. The lowest BCUT2D eigenvalue weighted by Crippen LogP contribution is -2.46. The largest absolute Gasteiger partial charge is 0.510 e. The van der Waals surface area contributed by atoms with Crippen molar-refractivity contribution in [2.45, 2.75) is 44.5 Å². The first-order valence-corrected chi connectivity index (χ1v) is 9.92. The van der Waals surface area contributed by atoms with E-state index in [1.807, 2.05) is 0 Å². The van der Waals surface area contributed by atoms with Gasteiger partial charge >= 0.3 is 12.1 Å². The zero-order chi connectivity index (χ0) is 17.8. The van der Waals surface area contributed by atoms with Crippen molar-refractivity contribution >= 4 is 12.1 Å². The van der Waals surface area contributed by atoms with E-state index in [0.717, 1.165) is 19.3 Å². The summed E-state index contributed by atoms with van der Waals surface area (Å²) in [6.07, 6.45) is 7.79. The number of hydrogen-bond acceptors (Lipinski definition) is 6. The summed E-state index contributed by atoms with van der Waals surface area (Å²) >= 11 is 0. The van der Waals surface area contributed by atoms with Crippen LogP contribution < -0.4 is 0 Å². The van der Waals surface area contributed by atoms with Crippen LogP contribution in [-0.2, 0) is 23.7 Å². The van der Waals surface area contributed by atoms with Crippen LogP contribution in [0.4, 0.5) is 4.79 Å². The van der Waals surface area contributed by atoms with Crippen LogP contribution in [0.1, 0.15) is 32.1 Å². The first kappa shape index (κ1) is 16.6. The van der Waals surface area contributed by atoms with E-state index in [4.69, 9.17) is 18.9 Å². The zero-order valence-electron chi connectivity index (χ0n) is 15.0. The van der Waals surface area contributed by atoms with Crippen molar-refractivity contribution < 1.29 is 28.5 Å². The van der Waals surface area contributed by atoms with E-state index >= 15 is 0 Å². The van der Waals surface area contributed by atoms with Gasteiger partial charge < -0.3 is 18.9 Å². The van der Waals surface area contributed by atoms with Gasteiger partial charge in [0.05, 0.1) is 19.6 Å². The second kappa shape index (κ2) is 6.25. The van der Waals surface area contributed by atoms with E-state index in [2.05, 4.69) is 12.2 Å². The number of esters is 1. The van der Waals surface area contributed by atoms with Gasteiger partial charge in [0.1, 0.15) is 6.10 Å². The average Bonchev–Trinajstić information content (AvgIpc) is 3.40. The summed E-state index contributed by atoms with van der Waals surface area (Å²) in [6.45, 7) is 0.607. The van der Waals surface area contributed by atoms with Crippen molar-refractivity contribution in [1.29, 1.82) is 0 Å². The highest BCUT2D eigenvalue weighted by Crippen LogP contribution is 2.67. The molecule has 26 heavy (non-hydrogen) atoms. The van der Waals surface area contributed by atoms with Gasteiger partial charge in [0.15, 0.2) is 0 Å². The lowest BCUT2D eigenvalue weighted by atomic mass is 9.68. The van der Waals surface area contributed by atoms with Gasteiger partial charge in [-0.3, -0.25) is 4.79 Å². The van der Waals surface area contributed by atoms with Crippen molar-refractivity contribution in [2.24, 2.45) is 41.4 Å². The number of methoxy groups -OCH3 is 1. The van der Waals surface area contributed by atoms with E-state index in [9.17, 15) is 9.59 Å². The number of carbonyl (C=O) groups is 2. The molecule has 0 spiro atoms. The van der Waals surface area contributed by atoms with Crippen LogP contribution in [0, 0.1) is 41.4 Å². The van der Waals surface area contributed by atoms with E-state index < -0.39 is 18.5 Å². The Morgan fingerprint density at radius 2 is 1.77 bits per heavy atom. The summed E-state index contributed by atoms with van der Waals surface area (Å²) in [5, 5.41) is 0. The maximum Gasteiger partial charge on any atom is 0.510 e. The summed E-state index contributed by atoms with van der Waals surface area (Å²) < 4.78 is 21.6. The lowest BCUT2D eigenvalue weighted by Gasteiger charge is -2.39. The molecular weight excluding hydrogens is 336 g/mol. The molecule has 1 saturated heterocycles. The van der Waals surface area contributed by atoms with Crippen molar-refractivity contribution in [2.75, 3.05) is 13.7 Å². The predicted octanol–water partition coefficient (Wildman–Crippen LogP) is 2.91. The summed E-state index contributed by atoms with van der Waals surface area (Å²) in [5.74, 6) is 2.08. The van der Waals surface area contributed by atoms with Gasteiger partial charge in [-0.1, -0.05) is 12.2 Å². The zero-order valence-corrected chi connectivity index (χ0v) is 15.0.